The molecule has 0 unspecified atom stereocenters. The number of aromatic nitrogens is 2. The highest BCUT2D eigenvalue weighted by molar-refractivity contribution is 6.31. The van der Waals surface area contributed by atoms with Gasteiger partial charge in [-0.1, -0.05) is 18.5 Å². The summed E-state index contributed by atoms with van der Waals surface area (Å²) in [6.07, 6.45) is 3.00. The second-order valence-corrected chi connectivity index (χ2v) is 5.47. The number of rotatable bonds is 5. The minimum atomic E-state index is 0.736. The lowest BCUT2D eigenvalue weighted by Crippen LogP contribution is -2.12. The number of hydrogen-bond acceptors (Lipinski definition) is 3. The third-order valence-corrected chi connectivity index (χ3v) is 3.47. The van der Waals surface area contributed by atoms with Crippen LogP contribution in [0.15, 0.2) is 24.4 Å². The summed E-state index contributed by atoms with van der Waals surface area (Å²) in [7, 11) is 6.00. The highest BCUT2D eigenvalue weighted by atomic mass is 35.5. The van der Waals surface area contributed by atoms with Crippen molar-refractivity contribution in [1.29, 1.82) is 0 Å². The molecule has 1 N–H and O–H groups in total. The predicted molar refractivity (Wildman–Crippen MR) is 85.7 cm³/mol. The fourth-order valence-corrected chi connectivity index (χ4v) is 2.43. The van der Waals surface area contributed by atoms with Gasteiger partial charge < -0.3 is 10.2 Å². The zero-order valence-electron chi connectivity index (χ0n) is 12.4. The largest absolute Gasteiger partial charge is 0.379 e. The molecule has 0 amide bonds. The van der Waals surface area contributed by atoms with Crippen molar-refractivity contribution in [2.75, 3.05) is 24.3 Å². The van der Waals surface area contributed by atoms with E-state index in [9.17, 15) is 0 Å². The van der Waals surface area contributed by atoms with Crippen molar-refractivity contribution < 1.29 is 0 Å². The van der Waals surface area contributed by atoms with E-state index in [2.05, 4.69) is 28.4 Å². The van der Waals surface area contributed by atoms with Crippen LogP contribution in [0.5, 0.6) is 0 Å². The van der Waals surface area contributed by atoms with Gasteiger partial charge in [-0.3, -0.25) is 4.68 Å². The molecule has 0 saturated heterocycles. The van der Waals surface area contributed by atoms with Gasteiger partial charge in [-0.15, -0.1) is 0 Å². The van der Waals surface area contributed by atoms with Gasteiger partial charge in [-0.25, -0.2) is 0 Å². The van der Waals surface area contributed by atoms with E-state index in [0.29, 0.717) is 0 Å². The molecule has 0 aliphatic heterocycles. The molecule has 0 bridgehead atoms. The van der Waals surface area contributed by atoms with Gasteiger partial charge >= 0.3 is 0 Å². The van der Waals surface area contributed by atoms with Gasteiger partial charge in [-0.05, 0) is 24.6 Å². The zero-order valence-corrected chi connectivity index (χ0v) is 13.2. The molecule has 0 saturated carbocycles. The molecule has 0 spiro atoms. The molecule has 108 valence electrons. The molecule has 0 radical (unpaired) electrons. The number of hydrogen-bond donors (Lipinski definition) is 1. The minimum Gasteiger partial charge on any atom is -0.379 e. The normalized spacial score (nSPS) is 10.7. The summed E-state index contributed by atoms with van der Waals surface area (Å²) in [5.41, 5.74) is 4.51. The van der Waals surface area contributed by atoms with Crippen molar-refractivity contribution in [3.8, 4) is 0 Å². The van der Waals surface area contributed by atoms with Crippen LogP contribution in [-0.4, -0.2) is 23.9 Å². The maximum absolute atomic E-state index is 6.09. The molecule has 0 fully saturated rings. The number of benzene rings is 1. The standard InChI is InChI=1S/C15H21ClN4/c1-5-13-11(10-20(4)18-13)9-17-14-8-12(16)6-7-15(14)19(2)3/h6-8,10,17H,5,9H2,1-4H3. The minimum absolute atomic E-state index is 0.736. The van der Waals surface area contributed by atoms with Crippen LogP contribution < -0.4 is 10.2 Å². The molecule has 1 aromatic heterocycles. The van der Waals surface area contributed by atoms with Crippen LogP contribution in [0.25, 0.3) is 0 Å². The summed E-state index contributed by atoms with van der Waals surface area (Å²) in [5.74, 6) is 0. The lowest BCUT2D eigenvalue weighted by molar-refractivity contribution is 0.746. The Bertz CT molecular complexity index is 590. The van der Waals surface area contributed by atoms with E-state index in [1.54, 1.807) is 0 Å². The first-order valence-electron chi connectivity index (χ1n) is 6.73. The summed E-state index contributed by atoms with van der Waals surface area (Å²) in [4.78, 5) is 2.07. The Hall–Kier alpha value is -1.68. The summed E-state index contributed by atoms with van der Waals surface area (Å²) in [6, 6.07) is 5.89. The zero-order chi connectivity index (χ0) is 14.7. The van der Waals surface area contributed by atoms with E-state index < -0.39 is 0 Å². The smallest absolute Gasteiger partial charge is 0.0671 e. The number of aryl methyl sites for hydroxylation is 2. The van der Waals surface area contributed by atoms with Crippen LogP contribution in [0.1, 0.15) is 18.2 Å². The van der Waals surface area contributed by atoms with Gasteiger partial charge in [-0.2, -0.15) is 5.10 Å². The van der Waals surface area contributed by atoms with Crippen LogP contribution in [0, 0.1) is 0 Å². The lowest BCUT2D eigenvalue weighted by Gasteiger charge is -2.18. The molecule has 5 heteroatoms. The SMILES string of the molecule is CCc1nn(C)cc1CNc1cc(Cl)ccc1N(C)C. The lowest BCUT2D eigenvalue weighted by atomic mass is 10.2. The van der Waals surface area contributed by atoms with Gasteiger partial charge in [0, 0.05) is 44.5 Å². The molecule has 1 aromatic carbocycles. The van der Waals surface area contributed by atoms with E-state index in [1.807, 2.05) is 44.0 Å². The fourth-order valence-electron chi connectivity index (χ4n) is 2.26. The summed E-state index contributed by atoms with van der Waals surface area (Å²) < 4.78 is 1.86. The number of anilines is 2. The maximum Gasteiger partial charge on any atom is 0.0671 e. The topological polar surface area (TPSA) is 33.1 Å². The molecule has 4 nitrogen and oxygen atoms in total. The Morgan fingerprint density at radius 2 is 2.10 bits per heavy atom. The third-order valence-electron chi connectivity index (χ3n) is 3.24. The van der Waals surface area contributed by atoms with Gasteiger partial charge in [0.1, 0.15) is 0 Å². The van der Waals surface area contributed by atoms with E-state index in [-0.39, 0.29) is 0 Å². The first-order valence-corrected chi connectivity index (χ1v) is 7.11. The first kappa shape index (κ1) is 14.7. The van der Waals surface area contributed by atoms with Crippen LogP contribution in [0.4, 0.5) is 11.4 Å². The average Bonchev–Trinajstić information content (AvgIpc) is 2.76. The Kier molecular flexibility index (Phi) is 4.55. The molecule has 0 atom stereocenters. The summed E-state index contributed by atoms with van der Waals surface area (Å²) in [5, 5.41) is 8.65. The quantitative estimate of drug-likeness (QED) is 0.918. The first-order chi connectivity index (χ1) is 9.51. The van der Waals surface area contributed by atoms with Gasteiger partial charge in [0.25, 0.3) is 0 Å². The molecule has 0 aliphatic rings. The summed E-state index contributed by atoms with van der Waals surface area (Å²) >= 11 is 6.09. The Labute approximate surface area is 125 Å². The number of nitrogens with zero attached hydrogens (tertiary/aromatic N) is 3. The van der Waals surface area contributed by atoms with Crippen molar-refractivity contribution >= 4 is 23.0 Å². The average molecular weight is 293 g/mol. The second-order valence-electron chi connectivity index (χ2n) is 5.04. The molecular formula is C15H21ClN4. The van der Waals surface area contributed by atoms with Crippen molar-refractivity contribution in [1.82, 2.24) is 9.78 Å². The predicted octanol–water partition coefficient (Wildman–Crippen LogP) is 3.31. The molecule has 20 heavy (non-hydrogen) atoms. The summed E-state index contributed by atoms with van der Waals surface area (Å²) in [6.45, 7) is 2.87. The highest BCUT2D eigenvalue weighted by Crippen LogP contribution is 2.28. The third kappa shape index (κ3) is 3.25. The highest BCUT2D eigenvalue weighted by Gasteiger charge is 2.09. The Morgan fingerprint density at radius 1 is 1.35 bits per heavy atom. The van der Waals surface area contributed by atoms with Crippen molar-refractivity contribution in [3.63, 3.8) is 0 Å². The molecule has 2 aromatic rings. The van der Waals surface area contributed by atoms with E-state index in [1.165, 1.54) is 5.56 Å². The maximum atomic E-state index is 6.09. The van der Waals surface area contributed by atoms with Crippen molar-refractivity contribution in [3.05, 3.63) is 40.7 Å². The van der Waals surface area contributed by atoms with Gasteiger partial charge in [0.05, 0.1) is 17.1 Å². The molecule has 1 heterocycles. The van der Waals surface area contributed by atoms with Crippen molar-refractivity contribution in [2.24, 2.45) is 7.05 Å². The van der Waals surface area contributed by atoms with Gasteiger partial charge in [0.15, 0.2) is 0 Å². The number of halogens is 1. The number of nitrogens with one attached hydrogen (secondary N) is 1. The second kappa shape index (κ2) is 6.18. The monoisotopic (exact) mass is 292 g/mol. The Morgan fingerprint density at radius 3 is 2.75 bits per heavy atom. The van der Waals surface area contributed by atoms with Crippen LogP contribution in [0.3, 0.4) is 0 Å². The van der Waals surface area contributed by atoms with Crippen LogP contribution in [0.2, 0.25) is 5.02 Å². The fraction of sp³-hybridized carbons (Fsp3) is 0.400. The van der Waals surface area contributed by atoms with E-state index >= 15 is 0 Å². The van der Waals surface area contributed by atoms with E-state index in [0.717, 1.165) is 35.1 Å². The Balaban J connectivity index is 2.20. The molecular weight excluding hydrogens is 272 g/mol. The van der Waals surface area contributed by atoms with Crippen LogP contribution >= 0.6 is 11.6 Å². The van der Waals surface area contributed by atoms with Crippen molar-refractivity contribution in [2.45, 2.75) is 19.9 Å². The van der Waals surface area contributed by atoms with Gasteiger partial charge in [0.2, 0.25) is 0 Å². The molecule has 2 rings (SSSR count). The molecule has 0 aliphatic carbocycles. The van der Waals surface area contributed by atoms with E-state index in [4.69, 9.17) is 11.6 Å². The van der Waals surface area contributed by atoms with Crippen LogP contribution in [-0.2, 0) is 20.0 Å².